The van der Waals surface area contributed by atoms with Crippen molar-refractivity contribution >= 4 is 27.7 Å². The van der Waals surface area contributed by atoms with Gasteiger partial charge in [0.1, 0.15) is 5.82 Å². The fourth-order valence-electron chi connectivity index (χ4n) is 2.82. The second kappa shape index (κ2) is 5.00. The third-order valence-corrected chi connectivity index (χ3v) is 4.67. The number of fused-ring (bicyclic) bond motifs is 1. The zero-order valence-electron chi connectivity index (χ0n) is 12.0. The minimum atomic E-state index is -0.454. The van der Waals surface area contributed by atoms with Crippen LogP contribution in [0, 0.1) is 5.41 Å². The van der Waals surface area contributed by atoms with Gasteiger partial charge >= 0.3 is 0 Å². The van der Waals surface area contributed by atoms with Crippen LogP contribution in [0.2, 0.25) is 0 Å². The lowest BCUT2D eigenvalue weighted by atomic mass is 9.72. The summed E-state index contributed by atoms with van der Waals surface area (Å²) in [6.45, 7) is 3.98. The van der Waals surface area contributed by atoms with Gasteiger partial charge in [0.25, 0.3) is 0 Å². The molecule has 0 saturated heterocycles. The number of nitrogens with zero attached hydrogens (tertiary/aromatic N) is 1. The number of para-hydroxylation sites is 2. The van der Waals surface area contributed by atoms with Crippen LogP contribution in [-0.4, -0.2) is 19.5 Å². The molecule has 1 aliphatic rings. The predicted molar refractivity (Wildman–Crippen MR) is 87.2 cm³/mol. The van der Waals surface area contributed by atoms with Crippen LogP contribution in [0.15, 0.2) is 47.7 Å². The number of hydrogen-bond donors (Lipinski definition) is 2. The van der Waals surface area contributed by atoms with Gasteiger partial charge in [0.2, 0.25) is 0 Å². The number of H-pyrrole nitrogens is 1. The molecule has 0 bridgehead atoms. The van der Waals surface area contributed by atoms with Crippen LogP contribution >= 0.6 is 0 Å². The van der Waals surface area contributed by atoms with Gasteiger partial charge < -0.3 is 10.7 Å². The maximum atomic E-state index is 11.1. The molecule has 21 heavy (non-hydrogen) atoms. The summed E-state index contributed by atoms with van der Waals surface area (Å²) in [7, 11) is 0. The van der Waals surface area contributed by atoms with Crippen molar-refractivity contribution in [2.24, 2.45) is 11.1 Å². The van der Waals surface area contributed by atoms with Crippen LogP contribution in [-0.2, 0) is 11.3 Å². The van der Waals surface area contributed by atoms with Gasteiger partial charge in [0.05, 0.1) is 28.2 Å². The maximum absolute atomic E-state index is 11.1. The van der Waals surface area contributed by atoms with Gasteiger partial charge in [-0.2, -0.15) is 0 Å². The average molecular weight is 299 g/mol. The van der Waals surface area contributed by atoms with E-state index in [0.717, 1.165) is 28.1 Å². The van der Waals surface area contributed by atoms with Gasteiger partial charge in [0, 0.05) is 16.5 Å². The van der Waals surface area contributed by atoms with E-state index in [1.807, 2.05) is 50.3 Å². The van der Waals surface area contributed by atoms with Gasteiger partial charge in [-0.15, -0.1) is 0 Å². The number of imidazole rings is 1. The standard InChI is InChI=1S/C16H17N3OS/c1-10-7-8-16(2,9-21-20)13(14(10)17)15-18-11-5-3-4-6-12(11)19-15/h3-9,13H,17H2,1-2H3,(H,18,19). The Morgan fingerprint density at radius 3 is 2.90 bits per heavy atom. The molecular formula is C16H17N3OS. The third-order valence-electron chi connectivity index (χ3n) is 4.06. The molecule has 2 aromatic rings. The molecule has 0 saturated carbocycles. The van der Waals surface area contributed by atoms with E-state index in [-0.39, 0.29) is 5.92 Å². The predicted octanol–water partition coefficient (Wildman–Crippen LogP) is 2.47. The summed E-state index contributed by atoms with van der Waals surface area (Å²) in [5.41, 5.74) is 9.52. The first-order valence-corrected chi connectivity index (χ1v) is 7.59. The minimum Gasteiger partial charge on any atom is -0.401 e. The number of nitrogens with one attached hydrogen (secondary N) is 1. The monoisotopic (exact) mass is 299 g/mol. The highest BCUT2D eigenvalue weighted by Gasteiger charge is 2.38. The van der Waals surface area contributed by atoms with Gasteiger partial charge in [0.15, 0.2) is 0 Å². The lowest BCUT2D eigenvalue weighted by Gasteiger charge is -2.34. The Labute approximate surface area is 126 Å². The van der Waals surface area contributed by atoms with Crippen molar-refractivity contribution in [1.82, 2.24) is 9.97 Å². The van der Waals surface area contributed by atoms with E-state index in [1.165, 1.54) is 0 Å². The van der Waals surface area contributed by atoms with Gasteiger partial charge in [-0.05, 0) is 24.6 Å². The summed E-state index contributed by atoms with van der Waals surface area (Å²) < 4.78 is 11.1. The second-order valence-corrected chi connectivity index (χ2v) is 6.05. The Balaban J connectivity index is 2.20. The molecule has 0 aliphatic heterocycles. The van der Waals surface area contributed by atoms with Crippen LogP contribution in [0.25, 0.3) is 11.0 Å². The van der Waals surface area contributed by atoms with Crippen molar-refractivity contribution in [2.45, 2.75) is 19.8 Å². The van der Waals surface area contributed by atoms with Crippen molar-refractivity contribution in [3.05, 3.63) is 53.5 Å². The normalized spacial score (nSPS) is 25.3. The summed E-state index contributed by atoms with van der Waals surface area (Å²) in [4.78, 5) is 8.00. The zero-order valence-corrected chi connectivity index (χ0v) is 12.8. The number of aromatic amines is 1. The lowest BCUT2D eigenvalue weighted by molar-refractivity contribution is 0.491. The van der Waals surface area contributed by atoms with Crippen LogP contribution in [0.4, 0.5) is 0 Å². The second-order valence-electron chi connectivity index (χ2n) is 5.62. The Kier molecular flexibility index (Phi) is 3.29. The molecule has 1 aliphatic carbocycles. The molecule has 1 aromatic heterocycles. The van der Waals surface area contributed by atoms with Crippen LogP contribution in [0.3, 0.4) is 0 Å². The Hall–Kier alpha value is -2.14. The Morgan fingerprint density at radius 1 is 1.43 bits per heavy atom. The van der Waals surface area contributed by atoms with E-state index in [1.54, 1.807) is 5.37 Å². The minimum absolute atomic E-state index is 0.156. The molecule has 108 valence electrons. The number of rotatable bonds is 2. The van der Waals surface area contributed by atoms with E-state index >= 15 is 0 Å². The number of nitrogens with two attached hydrogens (primary N) is 1. The van der Waals surface area contributed by atoms with Crippen molar-refractivity contribution in [3.8, 4) is 0 Å². The van der Waals surface area contributed by atoms with Crippen molar-refractivity contribution < 1.29 is 4.21 Å². The first-order chi connectivity index (χ1) is 10.0. The average Bonchev–Trinajstić information content (AvgIpc) is 2.87. The third kappa shape index (κ3) is 2.23. The molecule has 1 heterocycles. The van der Waals surface area contributed by atoms with Crippen molar-refractivity contribution in [2.75, 3.05) is 0 Å². The van der Waals surface area contributed by atoms with Crippen LogP contribution < -0.4 is 5.73 Å². The van der Waals surface area contributed by atoms with E-state index < -0.39 is 5.41 Å². The van der Waals surface area contributed by atoms with E-state index in [9.17, 15) is 4.21 Å². The SMILES string of the molecule is CC1=C(N)C(c2nc3ccccc3[nH]2)C(C)(C=S=O)C=C1. The smallest absolute Gasteiger partial charge is 0.117 e. The summed E-state index contributed by atoms with van der Waals surface area (Å²) in [5.74, 6) is 0.640. The van der Waals surface area contributed by atoms with E-state index in [2.05, 4.69) is 9.97 Å². The van der Waals surface area contributed by atoms with Gasteiger partial charge in [-0.3, -0.25) is 0 Å². The molecule has 3 rings (SSSR count). The summed E-state index contributed by atoms with van der Waals surface area (Å²) >= 11 is 0.469. The largest absolute Gasteiger partial charge is 0.401 e. The fourth-order valence-corrected chi connectivity index (χ4v) is 3.24. The molecule has 0 fully saturated rings. The quantitative estimate of drug-likeness (QED) is 0.837. The Bertz CT molecular complexity index is 781. The molecule has 4 nitrogen and oxygen atoms in total. The highest BCUT2D eigenvalue weighted by molar-refractivity contribution is 7.64. The number of allylic oxidation sites excluding steroid dienone is 4. The zero-order chi connectivity index (χ0) is 15.0. The number of hydrogen-bond acceptors (Lipinski definition) is 3. The summed E-state index contributed by atoms with van der Waals surface area (Å²) in [6, 6.07) is 7.87. The van der Waals surface area contributed by atoms with E-state index in [0.29, 0.717) is 11.3 Å². The van der Waals surface area contributed by atoms with Crippen molar-refractivity contribution in [3.63, 3.8) is 0 Å². The maximum Gasteiger partial charge on any atom is 0.117 e. The molecule has 5 heteroatoms. The number of aromatic nitrogens is 2. The molecule has 0 radical (unpaired) electrons. The molecular weight excluding hydrogens is 282 g/mol. The topological polar surface area (TPSA) is 71.8 Å². The first kappa shape index (κ1) is 13.8. The van der Waals surface area contributed by atoms with Crippen LogP contribution in [0.1, 0.15) is 25.6 Å². The molecule has 0 spiro atoms. The fraction of sp³-hybridized carbons (Fsp3) is 0.250. The highest BCUT2D eigenvalue weighted by Crippen LogP contribution is 2.42. The summed E-state index contributed by atoms with van der Waals surface area (Å²) in [5, 5.41) is 1.68. The van der Waals surface area contributed by atoms with Crippen LogP contribution in [0.5, 0.6) is 0 Å². The molecule has 2 unspecified atom stereocenters. The first-order valence-electron chi connectivity index (χ1n) is 6.78. The molecule has 1 aromatic carbocycles. The van der Waals surface area contributed by atoms with Crippen molar-refractivity contribution in [1.29, 1.82) is 0 Å². The Morgan fingerprint density at radius 2 is 2.19 bits per heavy atom. The van der Waals surface area contributed by atoms with Gasteiger partial charge in [-0.1, -0.05) is 31.2 Å². The molecule has 2 atom stereocenters. The number of benzene rings is 1. The summed E-state index contributed by atoms with van der Waals surface area (Å²) in [6.07, 6.45) is 4.00. The van der Waals surface area contributed by atoms with E-state index in [4.69, 9.17) is 5.73 Å². The molecule has 0 amide bonds. The lowest BCUT2D eigenvalue weighted by Crippen LogP contribution is -2.33. The highest BCUT2D eigenvalue weighted by atomic mass is 32.1. The molecule has 3 N–H and O–H groups in total. The van der Waals surface area contributed by atoms with Gasteiger partial charge in [-0.25, -0.2) is 9.19 Å².